The monoisotopic (exact) mass is 446 g/mol. The van der Waals surface area contributed by atoms with Gasteiger partial charge in [0.05, 0.1) is 0 Å². The molecule has 1 aliphatic rings. The highest BCUT2D eigenvalue weighted by molar-refractivity contribution is 5.82. The Morgan fingerprint density at radius 3 is 1.94 bits per heavy atom. The van der Waals surface area contributed by atoms with Gasteiger partial charge in [-0.05, 0) is 25.3 Å². The lowest BCUT2D eigenvalue weighted by Crippen LogP contribution is -2.19. The first kappa shape index (κ1) is 28.2. The van der Waals surface area contributed by atoms with E-state index in [0.717, 1.165) is 37.9 Å². The zero-order chi connectivity index (χ0) is 23.3. The van der Waals surface area contributed by atoms with E-state index < -0.39 is 0 Å². The Morgan fingerprint density at radius 1 is 0.781 bits per heavy atom. The molecule has 0 saturated carbocycles. The Morgan fingerprint density at radius 2 is 1.38 bits per heavy atom. The number of carbonyl (C=O) groups is 1. The van der Waals surface area contributed by atoms with Crippen molar-refractivity contribution in [1.29, 1.82) is 0 Å². The van der Waals surface area contributed by atoms with E-state index in [9.17, 15) is 9.59 Å². The Kier molecular flexibility index (Phi) is 17.5. The summed E-state index contributed by atoms with van der Waals surface area (Å²) < 4.78 is 10.2. The summed E-state index contributed by atoms with van der Waals surface area (Å²) in [7, 11) is 0. The second-order valence-corrected chi connectivity index (χ2v) is 8.89. The summed E-state index contributed by atoms with van der Waals surface area (Å²) in [5.74, 6) is 0.629. The SMILES string of the molecule is CCCCCCCCCCCCCCC1CC=CC(=O)O1.CCCCc1cccc(=O)o1. The molecule has 0 bridgehead atoms. The molecular formula is C28H46O4. The number of hydrogen-bond donors (Lipinski definition) is 0. The Balaban J connectivity index is 0.000000389. The molecule has 0 fully saturated rings. The number of hydrogen-bond acceptors (Lipinski definition) is 4. The van der Waals surface area contributed by atoms with Gasteiger partial charge >= 0.3 is 11.6 Å². The van der Waals surface area contributed by atoms with E-state index in [1.54, 1.807) is 12.1 Å². The summed E-state index contributed by atoms with van der Waals surface area (Å²) in [4.78, 5) is 21.8. The first-order chi connectivity index (χ1) is 15.7. The summed E-state index contributed by atoms with van der Waals surface area (Å²) in [6.45, 7) is 4.38. The lowest BCUT2D eigenvalue weighted by molar-refractivity contribution is -0.144. The Labute approximate surface area is 195 Å². The molecule has 0 aliphatic carbocycles. The first-order valence-electron chi connectivity index (χ1n) is 13.1. The third-order valence-corrected chi connectivity index (χ3v) is 5.84. The molecule has 1 aromatic heterocycles. The van der Waals surface area contributed by atoms with Crippen molar-refractivity contribution < 1.29 is 13.9 Å². The lowest BCUT2D eigenvalue weighted by Gasteiger charge is -2.18. The standard InChI is InChI=1S/C19H34O2.C9H12O2/c1-2-3-4-5-6-7-8-9-10-11-12-13-15-18-16-14-17-19(20)21-18;1-2-3-5-8-6-4-7-9(10)11-8/h14,17-18H,2-13,15-16H2,1H3;4,6-7H,2-3,5H2,1H3. The quantitative estimate of drug-likeness (QED) is 0.191. The summed E-state index contributed by atoms with van der Waals surface area (Å²) in [6.07, 6.45) is 25.1. The molecule has 32 heavy (non-hydrogen) atoms. The Hall–Kier alpha value is -1.84. The second kappa shape index (κ2) is 19.8. The first-order valence-corrected chi connectivity index (χ1v) is 13.1. The van der Waals surface area contributed by atoms with Crippen molar-refractivity contribution in [3.8, 4) is 0 Å². The van der Waals surface area contributed by atoms with E-state index >= 15 is 0 Å². The van der Waals surface area contributed by atoms with E-state index in [1.165, 1.54) is 83.1 Å². The average molecular weight is 447 g/mol. The number of cyclic esters (lactones) is 1. The van der Waals surface area contributed by atoms with Crippen molar-refractivity contribution in [1.82, 2.24) is 0 Å². The van der Waals surface area contributed by atoms with E-state index in [1.807, 2.05) is 12.1 Å². The van der Waals surface area contributed by atoms with Crippen molar-refractivity contribution in [3.05, 3.63) is 46.5 Å². The zero-order valence-electron chi connectivity index (χ0n) is 20.6. The van der Waals surface area contributed by atoms with Crippen LogP contribution in [0.4, 0.5) is 0 Å². The molecule has 0 spiro atoms. The van der Waals surface area contributed by atoms with Gasteiger partial charge in [-0.15, -0.1) is 0 Å². The van der Waals surface area contributed by atoms with Gasteiger partial charge in [-0.2, -0.15) is 0 Å². The van der Waals surface area contributed by atoms with Crippen LogP contribution in [-0.2, 0) is 16.0 Å². The molecular weight excluding hydrogens is 400 g/mol. The summed E-state index contributed by atoms with van der Waals surface area (Å²) >= 11 is 0. The highest BCUT2D eigenvalue weighted by Gasteiger charge is 2.14. The van der Waals surface area contributed by atoms with Crippen molar-refractivity contribution in [2.75, 3.05) is 0 Å². The van der Waals surface area contributed by atoms with Gasteiger partial charge in [0.15, 0.2) is 0 Å². The van der Waals surface area contributed by atoms with Crippen molar-refractivity contribution >= 4 is 5.97 Å². The maximum atomic E-state index is 11.1. The van der Waals surface area contributed by atoms with Crippen LogP contribution < -0.4 is 5.63 Å². The molecule has 2 heterocycles. The largest absolute Gasteiger partial charge is 0.459 e. The maximum Gasteiger partial charge on any atom is 0.335 e. The van der Waals surface area contributed by atoms with Crippen LogP contribution in [0.3, 0.4) is 0 Å². The minimum atomic E-state index is -0.251. The summed E-state index contributed by atoms with van der Waals surface area (Å²) in [5, 5.41) is 0. The van der Waals surface area contributed by atoms with E-state index in [-0.39, 0.29) is 17.7 Å². The molecule has 0 radical (unpaired) electrons. The molecule has 4 nitrogen and oxygen atoms in total. The van der Waals surface area contributed by atoms with Crippen LogP contribution in [0, 0.1) is 0 Å². The van der Waals surface area contributed by atoms with Crippen LogP contribution in [0.1, 0.15) is 122 Å². The number of esters is 1. The van der Waals surface area contributed by atoms with Gasteiger partial charge in [0.2, 0.25) is 0 Å². The fourth-order valence-electron chi connectivity index (χ4n) is 3.87. The Bertz CT molecular complexity index is 661. The topological polar surface area (TPSA) is 56.5 Å². The summed E-state index contributed by atoms with van der Waals surface area (Å²) in [6, 6.07) is 5.00. The minimum Gasteiger partial charge on any atom is -0.459 e. The maximum absolute atomic E-state index is 11.1. The fraction of sp³-hybridized carbons (Fsp3) is 0.714. The van der Waals surface area contributed by atoms with Crippen LogP contribution in [0.15, 0.2) is 39.6 Å². The molecule has 2 rings (SSSR count). The molecule has 182 valence electrons. The van der Waals surface area contributed by atoms with Gasteiger partial charge in [0, 0.05) is 25.0 Å². The molecule has 1 aliphatic heterocycles. The van der Waals surface area contributed by atoms with E-state index in [4.69, 9.17) is 9.15 Å². The second-order valence-electron chi connectivity index (χ2n) is 8.89. The molecule has 0 saturated heterocycles. The third-order valence-electron chi connectivity index (χ3n) is 5.84. The van der Waals surface area contributed by atoms with Crippen molar-refractivity contribution in [2.24, 2.45) is 0 Å². The van der Waals surface area contributed by atoms with Gasteiger partial charge in [0.1, 0.15) is 11.9 Å². The predicted molar refractivity (Wildman–Crippen MR) is 133 cm³/mol. The molecule has 1 aromatic rings. The van der Waals surface area contributed by atoms with Crippen LogP contribution in [-0.4, -0.2) is 12.1 Å². The number of unbranched alkanes of at least 4 members (excludes halogenated alkanes) is 12. The molecule has 1 atom stereocenters. The average Bonchev–Trinajstić information content (AvgIpc) is 2.79. The zero-order valence-corrected chi connectivity index (χ0v) is 20.6. The van der Waals surface area contributed by atoms with Gasteiger partial charge < -0.3 is 9.15 Å². The highest BCUT2D eigenvalue weighted by atomic mass is 16.5. The third kappa shape index (κ3) is 15.9. The van der Waals surface area contributed by atoms with Crippen molar-refractivity contribution in [3.63, 3.8) is 0 Å². The van der Waals surface area contributed by atoms with Gasteiger partial charge in [-0.25, -0.2) is 9.59 Å². The van der Waals surface area contributed by atoms with Gasteiger partial charge in [0.25, 0.3) is 0 Å². The highest BCUT2D eigenvalue weighted by Crippen LogP contribution is 2.17. The molecule has 0 aromatic carbocycles. The number of aryl methyl sites for hydroxylation is 1. The van der Waals surface area contributed by atoms with E-state index in [0.29, 0.717) is 0 Å². The number of rotatable bonds is 16. The minimum absolute atomic E-state index is 0.144. The molecule has 1 unspecified atom stereocenters. The van der Waals surface area contributed by atoms with Crippen LogP contribution in [0.2, 0.25) is 0 Å². The van der Waals surface area contributed by atoms with Crippen LogP contribution >= 0.6 is 0 Å². The normalized spacial score (nSPS) is 15.2. The van der Waals surface area contributed by atoms with Crippen LogP contribution in [0.5, 0.6) is 0 Å². The van der Waals surface area contributed by atoms with Gasteiger partial charge in [-0.1, -0.05) is 103 Å². The fourth-order valence-corrected chi connectivity index (χ4v) is 3.87. The van der Waals surface area contributed by atoms with Gasteiger partial charge in [-0.3, -0.25) is 0 Å². The van der Waals surface area contributed by atoms with E-state index in [2.05, 4.69) is 13.8 Å². The predicted octanol–water partition coefficient (Wildman–Crippen LogP) is 7.93. The number of carbonyl (C=O) groups excluding carboxylic acids is 1. The molecule has 4 heteroatoms. The molecule has 0 amide bonds. The lowest BCUT2D eigenvalue weighted by atomic mass is 10.0. The summed E-state index contributed by atoms with van der Waals surface area (Å²) in [5.41, 5.74) is -0.251. The van der Waals surface area contributed by atoms with Crippen LogP contribution in [0.25, 0.3) is 0 Å². The van der Waals surface area contributed by atoms with Crippen molar-refractivity contribution in [2.45, 2.75) is 129 Å². The molecule has 0 N–H and O–H groups in total. The number of ether oxygens (including phenoxy) is 1. The smallest absolute Gasteiger partial charge is 0.335 e.